The van der Waals surface area contributed by atoms with E-state index in [1.54, 1.807) is 6.92 Å². The second kappa shape index (κ2) is 7.21. The SMILES string of the molecule is Cc1nc(-c2c(Cl)c3ccccc3n2-c2ccc(C(C)NC(=O)C3(N)CC3)cc2)no1. The number of nitrogens with two attached hydrogens (primary N) is 1. The van der Waals surface area contributed by atoms with Crippen LogP contribution in [0.2, 0.25) is 5.02 Å². The summed E-state index contributed by atoms with van der Waals surface area (Å²) in [6.07, 6.45) is 1.48. The summed E-state index contributed by atoms with van der Waals surface area (Å²) in [5, 5.41) is 8.57. The van der Waals surface area contributed by atoms with E-state index in [1.165, 1.54) is 0 Å². The van der Waals surface area contributed by atoms with Crippen LogP contribution in [0.3, 0.4) is 0 Å². The van der Waals surface area contributed by atoms with Crippen molar-refractivity contribution in [2.45, 2.75) is 38.3 Å². The summed E-state index contributed by atoms with van der Waals surface area (Å²) in [6.45, 7) is 3.70. The smallest absolute Gasteiger partial charge is 0.240 e. The molecule has 3 N–H and O–H groups in total. The van der Waals surface area contributed by atoms with Crippen LogP contribution < -0.4 is 11.1 Å². The highest BCUT2D eigenvalue weighted by molar-refractivity contribution is 6.38. The van der Waals surface area contributed by atoms with E-state index in [9.17, 15) is 4.79 Å². The number of amides is 1. The molecule has 1 saturated carbocycles. The molecule has 1 atom stereocenters. The lowest BCUT2D eigenvalue weighted by molar-refractivity contribution is -0.123. The van der Waals surface area contributed by atoms with Crippen LogP contribution in [0.15, 0.2) is 53.1 Å². The summed E-state index contributed by atoms with van der Waals surface area (Å²) in [6, 6.07) is 15.7. The normalized spacial score (nSPS) is 15.7. The van der Waals surface area contributed by atoms with Crippen molar-refractivity contribution >= 4 is 28.4 Å². The van der Waals surface area contributed by atoms with Crippen LogP contribution in [0.5, 0.6) is 0 Å². The molecule has 2 aromatic carbocycles. The van der Waals surface area contributed by atoms with Crippen LogP contribution in [0, 0.1) is 6.92 Å². The van der Waals surface area contributed by atoms with Crippen molar-refractivity contribution in [3.63, 3.8) is 0 Å². The zero-order valence-electron chi connectivity index (χ0n) is 17.2. The van der Waals surface area contributed by atoms with E-state index in [1.807, 2.05) is 60.0 Å². The predicted octanol–water partition coefficient (Wildman–Crippen LogP) is 4.31. The van der Waals surface area contributed by atoms with E-state index in [-0.39, 0.29) is 11.9 Å². The van der Waals surface area contributed by atoms with E-state index < -0.39 is 5.54 Å². The fraction of sp³-hybridized carbons (Fsp3) is 0.261. The van der Waals surface area contributed by atoms with Gasteiger partial charge in [0.25, 0.3) is 0 Å². The highest BCUT2D eigenvalue weighted by atomic mass is 35.5. The van der Waals surface area contributed by atoms with Crippen molar-refractivity contribution in [2.75, 3.05) is 0 Å². The largest absolute Gasteiger partial charge is 0.348 e. The maximum Gasteiger partial charge on any atom is 0.240 e. The van der Waals surface area contributed by atoms with Crippen LogP contribution in [0.1, 0.15) is 37.3 Å². The molecule has 0 saturated heterocycles. The molecule has 2 heterocycles. The lowest BCUT2D eigenvalue weighted by Crippen LogP contribution is -2.43. The number of nitrogens with one attached hydrogen (secondary N) is 1. The van der Waals surface area contributed by atoms with Crippen LogP contribution in [-0.4, -0.2) is 26.2 Å². The van der Waals surface area contributed by atoms with E-state index in [4.69, 9.17) is 21.9 Å². The number of hydrogen-bond acceptors (Lipinski definition) is 5. The number of para-hydroxylation sites is 1. The standard InChI is InChI=1S/C23H22ClN5O2/c1-13(26-22(30)23(25)11-12-23)15-7-9-16(10-8-15)29-18-6-4-3-5-17(18)19(24)20(29)21-27-14(2)31-28-21/h3-10,13H,11-12,25H2,1-2H3,(H,26,30). The van der Waals surface area contributed by atoms with Crippen LogP contribution in [0.4, 0.5) is 0 Å². The van der Waals surface area contributed by atoms with Gasteiger partial charge in [0, 0.05) is 18.0 Å². The van der Waals surface area contributed by atoms with Crippen molar-refractivity contribution in [3.05, 3.63) is 65.0 Å². The summed E-state index contributed by atoms with van der Waals surface area (Å²) < 4.78 is 7.22. The Morgan fingerprint density at radius 3 is 2.58 bits per heavy atom. The number of aromatic nitrogens is 3. The molecule has 4 aromatic rings. The minimum atomic E-state index is -0.688. The third-order valence-corrected chi connectivity index (χ3v) is 6.17. The monoisotopic (exact) mass is 435 g/mol. The second-order valence-electron chi connectivity index (χ2n) is 8.09. The molecule has 7 nitrogen and oxygen atoms in total. The van der Waals surface area contributed by atoms with Gasteiger partial charge in [-0.1, -0.05) is 47.1 Å². The topological polar surface area (TPSA) is 99.0 Å². The Balaban J connectivity index is 1.54. The van der Waals surface area contributed by atoms with Gasteiger partial charge in [0.1, 0.15) is 5.69 Å². The third kappa shape index (κ3) is 3.40. The van der Waals surface area contributed by atoms with Gasteiger partial charge in [-0.2, -0.15) is 4.98 Å². The number of rotatable bonds is 5. The highest BCUT2D eigenvalue weighted by Crippen LogP contribution is 2.39. The van der Waals surface area contributed by atoms with Crippen molar-refractivity contribution in [1.82, 2.24) is 20.0 Å². The molecule has 1 aliphatic carbocycles. The van der Waals surface area contributed by atoms with Gasteiger partial charge in [-0.25, -0.2) is 0 Å². The molecule has 8 heteroatoms. The van der Waals surface area contributed by atoms with Gasteiger partial charge >= 0.3 is 0 Å². The number of hydrogen-bond donors (Lipinski definition) is 2. The van der Waals surface area contributed by atoms with E-state index in [0.29, 0.717) is 22.4 Å². The first-order valence-corrected chi connectivity index (χ1v) is 10.5. The molecule has 1 fully saturated rings. The predicted molar refractivity (Wildman–Crippen MR) is 119 cm³/mol. The Morgan fingerprint density at radius 1 is 1.23 bits per heavy atom. The number of carbonyl (C=O) groups excluding carboxylic acids is 1. The van der Waals surface area contributed by atoms with Gasteiger partial charge in [-0.15, -0.1) is 0 Å². The first-order chi connectivity index (χ1) is 14.9. The van der Waals surface area contributed by atoms with Gasteiger partial charge in [0.2, 0.25) is 17.6 Å². The Morgan fingerprint density at radius 2 is 1.94 bits per heavy atom. The Labute approximate surface area is 184 Å². The first kappa shape index (κ1) is 19.8. The molecule has 31 heavy (non-hydrogen) atoms. The Kier molecular flexibility index (Phi) is 4.60. The average molecular weight is 436 g/mol. The van der Waals surface area contributed by atoms with Gasteiger partial charge in [0.15, 0.2) is 0 Å². The quantitative estimate of drug-likeness (QED) is 0.486. The van der Waals surface area contributed by atoms with E-state index >= 15 is 0 Å². The van der Waals surface area contributed by atoms with Gasteiger partial charge in [-0.05, 0) is 43.5 Å². The minimum Gasteiger partial charge on any atom is -0.348 e. The van der Waals surface area contributed by atoms with E-state index in [2.05, 4.69) is 15.5 Å². The molecule has 0 bridgehead atoms. The summed E-state index contributed by atoms with van der Waals surface area (Å²) >= 11 is 6.74. The molecule has 0 aliphatic heterocycles. The van der Waals surface area contributed by atoms with Crippen LogP contribution in [0.25, 0.3) is 28.1 Å². The minimum absolute atomic E-state index is 0.0953. The summed E-state index contributed by atoms with van der Waals surface area (Å²) in [5.41, 5.74) is 8.82. The third-order valence-electron chi connectivity index (χ3n) is 5.79. The Bertz CT molecular complexity index is 1290. The zero-order chi connectivity index (χ0) is 21.8. The lowest BCUT2D eigenvalue weighted by Gasteiger charge is -2.18. The average Bonchev–Trinajstić information content (AvgIpc) is 3.27. The number of fused-ring (bicyclic) bond motifs is 1. The van der Waals surface area contributed by atoms with E-state index in [0.717, 1.165) is 35.0 Å². The summed E-state index contributed by atoms with van der Waals surface area (Å²) in [5.74, 6) is 0.805. The molecular formula is C23H22ClN5O2. The summed E-state index contributed by atoms with van der Waals surface area (Å²) in [7, 11) is 0. The molecule has 1 unspecified atom stereocenters. The maximum absolute atomic E-state index is 12.3. The Hall–Kier alpha value is -3.16. The summed E-state index contributed by atoms with van der Waals surface area (Å²) in [4.78, 5) is 16.7. The second-order valence-corrected chi connectivity index (χ2v) is 8.47. The van der Waals surface area contributed by atoms with Crippen molar-refractivity contribution in [2.24, 2.45) is 5.73 Å². The zero-order valence-corrected chi connectivity index (χ0v) is 18.0. The van der Waals surface area contributed by atoms with Crippen molar-refractivity contribution < 1.29 is 9.32 Å². The van der Waals surface area contributed by atoms with Gasteiger partial charge in [0.05, 0.1) is 22.1 Å². The van der Waals surface area contributed by atoms with Crippen LogP contribution in [-0.2, 0) is 4.79 Å². The molecule has 1 aliphatic rings. The molecule has 5 rings (SSSR count). The van der Waals surface area contributed by atoms with Crippen LogP contribution >= 0.6 is 11.6 Å². The number of benzene rings is 2. The fourth-order valence-electron chi connectivity index (χ4n) is 3.76. The number of aryl methyl sites for hydroxylation is 1. The number of nitrogens with zero attached hydrogens (tertiary/aromatic N) is 3. The molecule has 1 amide bonds. The molecule has 0 radical (unpaired) electrons. The molecule has 2 aromatic heterocycles. The molecule has 158 valence electrons. The molecule has 0 spiro atoms. The lowest BCUT2D eigenvalue weighted by atomic mass is 10.1. The highest BCUT2D eigenvalue weighted by Gasteiger charge is 2.46. The van der Waals surface area contributed by atoms with Gasteiger partial charge < -0.3 is 20.1 Å². The first-order valence-electron chi connectivity index (χ1n) is 10.2. The molecular weight excluding hydrogens is 414 g/mol. The maximum atomic E-state index is 12.3. The van der Waals surface area contributed by atoms with Gasteiger partial charge in [-0.3, -0.25) is 4.79 Å². The van der Waals surface area contributed by atoms with Crippen molar-refractivity contribution in [1.29, 1.82) is 0 Å². The van der Waals surface area contributed by atoms with Crippen molar-refractivity contribution in [3.8, 4) is 17.2 Å². The number of halogens is 1. The fourth-order valence-corrected chi connectivity index (χ4v) is 4.09. The number of carbonyl (C=O) groups is 1.